The third kappa shape index (κ3) is 5.06. The predicted octanol–water partition coefficient (Wildman–Crippen LogP) is 1.57. The minimum absolute atomic E-state index is 0.170. The van der Waals surface area contributed by atoms with Crippen LogP contribution in [0.4, 0.5) is 11.8 Å². The van der Waals surface area contributed by atoms with Crippen LogP contribution in [0.25, 0.3) is 0 Å². The summed E-state index contributed by atoms with van der Waals surface area (Å²) in [4.78, 5) is 22.1. The summed E-state index contributed by atoms with van der Waals surface area (Å²) >= 11 is 0. The summed E-state index contributed by atoms with van der Waals surface area (Å²) in [5, 5.41) is 5.82. The second kappa shape index (κ2) is 8.24. The lowest BCUT2D eigenvalue weighted by molar-refractivity contribution is -0.116. The monoisotopic (exact) mass is 289 g/mol. The Kier molecular flexibility index (Phi) is 5.99. The molecular formula is C15H23N5O. The number of carbonyl (C=O) groups is 1. The first kappa shape index (κ1) is 15.3. The van der Waals surface area contributed by atoms with Crippen LogP contribution in [0.1, 0.15) is 25.7 Å². The standard InChI is InChI=1S/C15H23N5O/c1-2-14(21)16-9-10-18-15-17-8-7-13(19-15)20-11-5-3-4-6-12-20/h2,7-8H,1,3-6,9-12H2,(H,16,21)(H,17,18,19). The number of nitrogens with one attached hydrogen (secondary N) is 2. The van der Waals surface area contributed by atoms with E-state index in [2.05, 4.69) is 32.1 Å². The second-order valence-corrected chi connectivity index (χ2v) is 5.06. The van der Waals surface area contributed by atoms with Gasteiger partial charge in [-0.3, -0.25) is 4.79 Å². The summed E-state index contributed by atoms with van der Waals surface area (Å²) < 4.78 is 0. The van der Waals surface area contributed by atoms with Crippen molar-refractivity contribution in [2.75, 3.05) is 36.4 Å². The van der Waals surface area contributed by atoms with Gasteiger partial charge >= 0.3 is 0 Å². The molecule has 1 aromatic rings. The van der Waals surface area contributed by atoms with Crippen molar-refractivity contribution in [1.29, 1.82) is 0 Å². The topological polar surface area (TPSA) is 70.2 Å². The van der Waals surface area contributed by atoms with Gasteiger partial charge in [-0.1, -0.05) is 19.4 Å². The van der Waals surface area contributed by atoms with E-state index >= 15 is 0 Å². The maximum absolute atomic E-state index is 11.0. The average Bonchev–Trinajstić information content (AvgIpc) is 2.81. The van der Waals surface area contributed by atoms with Gasteiger partial charge < -0.3 is 15.5 Å². The molecule has 1 aromatic heterocycles. The van der Waals surface area contributed by atoms with Gasteiger partial charge in [-0.15, -0.1) is 0 Å². The molecule has 1 amide bonds. The van der Waals surface area contributed by atoms with E-state index in [1.54, 1.807) is 6.20 Å². The molecule has 2 heterocycles. The van der Waals surface area contributed by atoms with Gasteiger partial charge in [0.15, 0.2) is 0 Å². The molecule has 0 atom stereocenters. The Labute approximate surface area is 125 Å². The molecule has 0 aromatic carbocycles. The normalized spacial score (nSPS) is 15.1. The van der Waals surface area contributed by atoms with Crippen LogP contribution in [0.5, 0.6) is 0 Å². The van der Waals surface area contributed by atoms with Crippen LogP contribution in [-0.2, 0) is 4.79 Å². The lowest BCUT2D eigenvalue weighted by Crippen LogP contribution is -2.28. The number of aromatic nitrogens is 2. The lowest BCUT2D eigenvalue weighted by atomic mass is 10.2. The first-order valence-electron chi connectivity index (χ1n) is 7.52. The number of nitrogens with zero attached hydrogens (tertiary/aromatic N) is 3. The van der Waals surface area contributed by atoms with Gasteiger partial charge in [0.25, 0.3) is 0 Å². The molecule has 1 aliphatic heterocycles. The number of amides is 1. The van der Waals surface area contributed by atoms with Gasteiger partial charge in [-0.2, -0.15) is 4.98 Å². The van der Waals surface area contributed by atoms with E-state index in [4.69, 9.17) is 0 Å². The summed E-state index contributed by atoms with van der Waals surface area (Å²) in [7, 11) is 0. The Bertz CT molecular complexity index is 469. The molecule has 0 bridgehead atoms. The first-order valence-corrected chi connectivity index (χ1v) is 7.52. The SMILES string of the molecule is C=CC(=O)NCCNc1nccc(N2CCCCCC2)n1. The molecule has 0 radical (unpaired) electrons. The van der Waals surface area contributed by atoms with Crippen LogP contribution in [0.15, 0.2) is 24.9 Å². The van der Waals surface area contributed by atoms with E-state index in [1.807, 2.05) is 6.07 Å². The molecule has 1 fully saturated rings. The summed E-state index contributed by atoms with van der Waals surface area (Å²) in [6.07, 6.45) is 8.08. The fraction of sp³-hybridized carbons (Fsp3) is 0.533. The fourth-order valence-corrected chi connectivity index (χ4v) is 2.34. The predicted molar refractivity (Wildman–Crippen MR) is 84.4 cm³/mol. The molecule has 0 spiro atoms. The molecule has 114 valence electrons. The van der Waals surface area contributed by atoms with Gasteiger partial charge in [0.2, 0.25) is 11.9 Å². The van der Waals surface area contributed by atoms with Crippen LogP contribution in [0.3, 0.4) is 0 Å². The van der Waals surface area contributed by atoms with Crippen molar-refractivity contribution in [3.8, 4) is 0 Å². The Hall–Kier alpha value is -2.11. The van der Waals surface area contributed by atoms with Crippen LogP contribution < -0.4 is 15.5 Å². The number of rotatable bonds is 6. The van der Waals surface area contributed by atoms with E-state index in [0.29, 0.717) is 19.0 Å². The number of hydrogen-bond donors (Lipinski definition) is 2. The zero-order valence-electron chi connectivity index (χ0n) is 12.3. The van der Waals surface area contributed by atoms with E-state index in [0.717, 1.165) is 18.9 Å². The Balaban J connectivity index is 1.85. The van der Waals surface area contributed by atoms with E-state index in [9.17, 15) is 4.79 Å². The summed E-state index contributed by atoms with van der Waals surface area (Å²) in [6, 6.07) is 1.95. The van der Waals surface area contributed by atoms with Crippen LogP contribution in [0.2, 0.25) is 0 Å². The molecule has 6 heteroatoms. The molecule has 6 nitrogen and oxygen atoms in total. The molecule has 2 N–H and O–H groups in total. The van der Waals surface area contributed by atoms with Gasteiger partial charge in [-0.05, 0) is 25.0 Å². The Morgan fingerprint density at radius 1 is 1.29 bits per heavy atom. The van der Waals surface area contributed by atoms with Crippen molar-refractivity contribution in [2.24, 2.45) is 0 Å². The van der Waals surface area contributed by atoms with Crippen molar-refractivity contribution in [1.82, 2.24) is 15.3 Å². The summed E-state index contributed by atoms with van der Waals surface area (Å²) in [5.74, 6) is 1.41. The smallest absolute Gasteiger partial charge is 0.243 e. The highest BCUT2D eigenvalue weighted by Crippen LogP contribution is 2.17. The maximum atomic E-state index is 11.0. The fourth-order valence-electron chi connectivity index (χ4n) is 2.34. The number of carbonyl (C=O) groups excluding carboxylic acids is 1. The third-order valence-corrected chi connectivity index (χ3v) is 3.46. The van der Waals surface area contributed by atoms with Crippen LogP contribution in [-0.4, -0.2) is 42.1 Å². The number of hydrogen-bond acceptors (Lipinski definition) is 5. The zero-order valence-corrected chi connectivity index (χ0v) is 12.3. The van der Waals surface area contributed by atoms with Crippen molar-refractivity contribution in [2.45, 2.75) is 25.7 Å². The molecule has 0 aliphatic carbocycles. The maximum Gasteiger partial charge on any atom is 0.243 e. The molecule has 1 aliphatic rings. The summed E-state index contributed by atoms with van der Waals surface area (Å²) in [5.41, 5.74) is 0. The van der Waals surface area contributed by atoms with Gasteiger partial charge in [-0.25, -0.2) is 4.98 Å². The van der Waals surface area contributed by atoms with Gasteiger partial charge in [0.1, 0.15) is 5.82 Å². The van der Waals surface area contributed by atoms with Crippen molar-refractivity contribution >= 4 is 17.7 Å². The van der Waals surface area contributed by atoms with E-state index in [1.165, 1.54) is 31.8 Å². The number of anilines is 2. The molecule has 1 saturated heterocycles. The van der Waals surface area contributed by atoms with Crippen molar-refractivity contribution < 1.29 is 4.79 Å². The summed E-state index contributed by atoms with van der Waals surface area (Å²) in [6.45, 7) is 6.63. The van der Waals surface area contributed by atoms with Gasteiger partial charge in [0.05, 0.1) is 0 Å². The first-order chi connectivity index (χ1) is 10.3. The van der Waals surface area contributed by atoms with Crippen LogP contribution >= 0.6 is 0 Å². The molecule has 21 heavy (non-hydrogen) atoms. The second-order valence-electron chi connectivity index (χ2n) is 5.06. The quantitative estimate of drug-likeness (QED) is 0.614. The van der Waals surface area contributed by atoms with Crippen LogP contribution in [0, 0.1) is 0 Å². The minimum atomic E-state index is -0.170. The lowest BCUT2D eigenvalue weighted by Gasteiger charge is -2.21. The van der Waals surface area contributed by atoms with Gasteiger partial charge in [0, 0.05) is 32.4 Å². The average molecular weight is 289 g/mol. The van der Waals surface area contributed by atoms with Crippen molar-refractivity contribution in [3.05, 3.63) is 24.9 Å². The van der Waals surface area contributed by atoms with E-state index < -0.39 is 0 Å². The highest BCUT2D eigenvalue weighted by molar-refractivity contribution is 5.86. The third-order valence-electron chi connectivity index (χ3n) is 3.46. The van der Waals surface area contributed by atoms with Crippen molar-refractivity contribution in [3.63, 3.8) is 0 Å². The Morgan fingerprint density at radius 3 is 2.76 bits per heavy atom. The highest BCUT2D eigenvalue weighted by atomic mass is 16.1. The Morgan fingerprint density at radius 2 is 2.05 bits per heavy atom. The van der Waals surface area contributed by atoms with E-state index in [-0.39, 0.29) is 5.91 Å². The minimum Gasteiger partial charge on any atom is -0.356 e. The molecule has 0 unspecified atom stereocenters. The molecular weight excluding hydrogens is 266 g/mol. The zero-order chi connectivity index (χ0) is 14.9. The largest absolute Gasteiger partial charge is 0.356 e. The highest BCUT2D eigenvalue weighted by Gasteiger charge is 2.11. The molecule has 2 rings (SSSR count). The molecule has 0 saturated carbocycles.